The number of nitrogen functional groups attached to an aromatic ring is 1. The number of hydrogen-bond acceptors (Lipinski definition) is 6. The summed E-state index contributed by atoms with van der Waals surface area (Å²) in [7, 11) is 1.34. The van der Waals surface area contributed by atoms with Crippen molar-refractivity contribution in [3.8, 4) is 0 Å². The molecule has 1 heterocycles. The summed E-state index contributed by atoms with van der Waals surface area (Å²) in [5, 5.41) is 0. The summed E-state index contributed by atoms with van der Waals surface area (Å²) < 4.78 is 6.40. The Balaban J connectivity index is 1.77. The molecular formula is C24H26N4O5. The van der Waals surface area contributed by atoms with Crippen LogP contribution in [0, 0.1) is 0 Å². The van der Waals surface area contributed by atoms with Crippen LogP contribution in [0.4, 0.5) is 11.5 Å². The number of rotatable bonds is 8. The lowest BCUT2D eigenvalue weighted by Gasteiger charge is -2.21. The van der Waals surface area contributed by atoms with E-state index in [-0.39, 0.29) is 18.1 Å². The minimum Gasteiger partial charge on any atom is -0.455 e. The van der Waals surface area contributed by atoms with E-state index >= 15 is 0 Å². The molecule has 172 valence electrons. The molecule has 33 heavy (non-hydrogen) atoms. The number of ether oxygens (including phenoxy) is 1. The van der Waals surface area contributed by atoms with Crippen LogP contribution in [0.5, 0.6) is 0 Å². The highest BCUT2D eigenvalue weighted by molar-refractivity contribution is 5.97. The van der Waals surface area contributed by atoms with Gasteiger partial charge in [-0.25, -0.2) is 4.79 Å². The molecule has 0 unspecified atom stereocenters. The first-order valence-electron chi connectivity index (χ1n) is 10.5. The van der Waals surface area contributed by atoms with E-state index in [9.17, 15) is 19.2 Å². The molecule has 0 saturated heterocycles. The largest absolute Gasteiger partial charge is 0.455 e. The molecule has 0 aliphatic rings. The average Bonchev–Trinajstić information content (AvgIpc) is 2.81. The molecule has 0 fully saturated rings. The highest BCUT2D eigenvalue weighted by Crippen LogP contribution is 2.21. The fourth-order valence-corrected chi connectivity index (χ4v) is 3.50. The molecular weight excluding hydrogens is 424 g/mol. The molecule has 3 rings (SSSR count). The van der Waals surface area contributed by atoms with Crippen molar-refractivity contribution in [2.45, 2.75) is 25.8 Å². The Bertz CT molecular complexity index is 1240. The molecule has 1 amide bonds. The van der Waals surface area contributed by atoms with E-state index < -0.39 is 35.7 Å². The SMILES string of the molecule is CC[C@@H](C(=O)OCC(=O)N(C)c1c(N)n(Cc2ccccc2)c(=O)[nH]c1=O)c1ccccc1. The number of nitrogens with one attached hydrogen (secondary N) is 1. The van der Waals surface area contributed by atoms with Gasteiger partial charge in [-0.05, 0) is 17.5 Å². The number of likely N-dealkylation sites (N-methyl/N-ethyl adjacent to an activating group) is 1. The van der Waals surface area contributed by atoms with Crippen LogP contribution in [0.2, 0.25) is 0 Å². The number of carbonyl (C=O) groups excluding carboxylic acids is 2. The lowest BCUT2D eigenvalue weighted by Crippen LogP contribution is -2.41. The maximum atomic E-state index is 12.7. The minimum absolute atomic E-state index is 0.113. The molecule has 3 N–H and O–H groups in total. The summed E-state index contributed by atoms with van der Waals surface area (Å²) in [5.74, 6) is -1.87. The number of hydrogen-bond donors (Lipinski definition) is 2. The molecule has 0 aliphatic carbocycles. The Morgan fingerprint density at radius 1 is 1.06 bits per heavy atom. The molecule has 0 spiro atoms. The van der Waals surface area contributed by atoms with Crippen molar-refractivity contribution in [3.63, 3.8) is 0 Å². The van der Waals surface area contributed by atoms with Gasteiger partial charge in [-0.1, -0.05) is 67.6 Å². The normalized spacial score (nSPS) is 11.6. The number of amides is 1. The first-order valence-corrected chi connectivity index (χ1v) is 10.5. The predicted octanol–water partition coefficient (Wildman–Crippen LogP) is 1.87. The number of esters is 1. The van der Waals surface area contributed by atoms with E-state index in [0.29, 0.717) is 6.42 Å². The number of carbonyl (C=O) groups is 2. The molecule has 1 aromatic heterocycles. The summed E-state index contributed by atoms with van der Waals surface area (Å²) in [6.45, 7) is 1.39. The second-order valence-electron chi connectivity index (χ2n) is 7.50. The van der Waals surface area contributed by atoms with Gasteiger partial charge < -0.3 is 15.4 Å². The van der Waals surface area contributed by atoms with Crippen molar-refractivity contribution in [2.75, 3.05) is 24.3 Å². The van der Waals surface area contributed by atoms with Gasteiger partial charge in [0.1, 0.15) is 5.82 Å². The summed E-state index contributed by atoms with van der Waals surface area (Å²) in [6.07, 6.45) is 0.504. The summed E-state index contributed by atoms with van der Waals surface area (Å²) in [6, 6.07) is 18.2. The molecule has 9 nitrogen and oxygen atoms in total. The number of benzene rings is 2. The molecule has 0 bridgehead atoms. The number of anilines is 2. The van der Waals surface area contributed by atoms with Crippen LogP contribution in [-0.4, -0.2) is 35.1 Å². The first kappa shape index (κ1) is 23.5. The van der Waals surface area contributed by atoms with Gasteiger partial charge in [0.25, 0.3) is 11.5 Å². The lowest BCUT2D eigenvalue weighted by atomic mass is 9.97. The van der Waals surface area contributed by atoms with Gasteiger partial charge in [-0.3, -0.25) is 23.9 Å². The lowest BCUT2D eigenvalue weighted by molar-refractivity contribution is -0.149. The molecule has 0 radical (unpaired) electrons. The fraction of sp³-hybridized carbons (Fsp3) is 0.250. The zero-order valence-corrected chi connectivity index (χ0v) is 18.5. The van der Waals surface area contributed by atoms with E-state index in [1.165, 1.54) is 11.6 Å². The van der Waals surface area contributed by atoms with Crippen LogP contribution in [0.3, 0.4) is 0 Å². The van der Waals surface area contributed by atoms with Gasteiger partial charge in [0.2, 0.25) is 0 Å². The molecule has 2 aromatic carbocycles. The summed E-state index contributed by atoms with van der Waals surface area (Å²) >= 11 is 0. The predicted molar refractivity (Wildman–Crippen MR) is 125 cm³/mol. The number of nitrogens with zero attached hydrogens (tertiary/aromatic N) is 2. The van der Waals surface area contributed by atoms with Gasteiger partial charge in [-0.15, -0.1) is 0 Å². The highest BCUT2D eigenvalue weighted by Gasteiger charge is 2.25. The van der Waals surface area contributed by atoms with Crippen LogP contribution in [-0.2, 0) is 20.9 Å². The maximum Gasteiger partial charge on any atom is 0.330 e. The Labute approximate surface area is 190 Å². The van der Waals surface area contributed by atoms with Crippen molar-refractivity contribution in [1.29, 1.82) is 0 Å². The third kappa shape index (κ3) is 5.38. The number of aromatic amines is 1. The van der Waals surface area contributed by atoms with Crippen molar-refractivity contribution < 1.29 is 14.3 Å². The second kappa shape index (κ2) is 10.4. The molecule has 1 atom stereocenters. The van der Waals surface area contributed by atoms with Crippen molar-refractivity contribution in [3.05, 3.63) is 92.6 Å². The van der Waals surface area contributed by atoms with Crippen LogP contribution in [0.25, 0.3) is 0 Å². The quantitative estimate of drug-likeness (QED) is 0.504. The molecule has 9 heteroatoms. The van der Waals surface area contributed by atoms with Crippen LogP contribution in [0.1, 0.15) is 30.4 Å². The number of nitrogens with two attached hydrogens (primary N) is 1. The first-order chi connectivity index (χ1) is 15.8. The number of H-pyrrole nitrogens is 1. The zero-order chi connectivity index (χ0) is 24.0. The van der Waals surface area contributed by atoms with Crippen molar-refractivity contribution >= 4 is 23.4 Å². The maximum absolute atomic E-state index is 12.7. The van der Waals surface area contributed by atoms with Gasteiger partial charge in [0, 0.05) is 7.05 Å². The van der Waals surface area contributed by atoms with E-state index in [1.807, 2.05) is 67.6 Å². The van der Waals surface area contributed by atoms with E-state index in [2.05, 4.69) is 4.98 Å². The van der Waals surface area contributed by atoms with Crippen LogP contribution >= 0.6 is 0 Å². The Morgan fingerprint density at radius 2 is 1.67 bits per heavy atom. The summed E-state index contributed by atoms with van der Waals surface area (Å²) in [5.41, 5.74) is 6.01. The monoisotopic (exact) mass is 450 g/mol. The number of aromatic nitrogens is 2. The highest BCUT2D eigenvalue weighted by atomic mass is 16.5. The third-order valence-electron chi connectivity index (χ3n) is 5.34. The zero-order valence-electron chi connectivity index (χ0n) is 18.5. The molecule has 3 aromatic rings. The van der Waals surface area contributed by atoms with E-state index in [1.54, 1.807) is 0 Å². The van der Waals surface area contributed by atoms with Crippen molar-refractivity contribution in [1.82, 2.24) is 9.55 Å². The Kier molecular flexibility index (Phi) is 7.45. The van der Waals surface area contributed by atoms with Gasteiger partial charge in [0.05, 0.1) is 12.5 Å². The second-order valence-corrected chi connectivity index (χ2v) is 7.50. The Morgan fingerprint density at radius 3 is 2.27 bits per heavy atom. The van der Waals surface area contributed by atoms with Gasteiger partial charge >= 0.3 is 11.7 Å². The van der Waals surface area contributed by atoms with E-state index in [0.717, 1.165) is 16.0 Å². The fourth-order valence-electron chi connectivity index (χ4n) is 3.50. The topological polar surface area (TPSA) is 127 Å². The summed E-state index contributed by atoms with van der Waals surface area (Å²) in [4.78, 5) is 53.2. The smallest absolute Gasteiger partial charge is 0.330 e. The Hall–Kier alpha value is -4.14. The van der Waals surface area contributed by atoms with Gasteiger partial charge in [0.15, 0.2) is 12.3 Å². The van der Waals surface area contributed by atoms with Crippen LogP contribution in [0.15, 0.2) is 70.3 Å². The average molecular weight is 450 g/mol. The third-order valence-corrected chi connectivity index (χ3v) is 5.34. The minimum atomic E-state index is -0.806. The standard InChI is InChI=1S/C24H26N4O5/c1-3-18(17-12-8-5-9-13-17)23(31)33-15-19(29)27(2)20-21(25)28(24(32)26-22(20)30)14-16-10-6-4-7-11-16/h4-13,18H,3,14-15,25H2,1-2H3,(H,26,30,32)/t18-/m1/s1. The molecule has 0 aliphatic heterocycles. The molecule has 0 saturated carbocycles. The van der Waals surface area contributed by atoms with Crippen LogP contribution < -0.4 is 21.9 Å². The van der Waals surface area contributed by atoms with Crippen molar-refractivity contribution in [2.24, 2.45) is 0 Å². The van der Waals surface area contributed by atoms with Gasteiger partial charge in [-0.2, -0.15) is 0 Å². The van der Waals surface area contributed by atoms with E-state index in [4.69, 9.17) is 10.5 Å².